The smallest absolute Gasteiger partial charge is 0.211 e. The van der Waals surface area contributed by atoms with E-state index in [4.69, 9.17) is 5.26 Å². The molecule has 0 aliphatic rings. The van der Waals surface area contributed by atoms with Gasteiger partial charge in [0, 0.05) is 5.56 Å². The second-order valence-corrected chi connectivity index (χ2v) is 2.31. The van der Waals surface area contributed by atoms with Gasteiger partial charge in [-0.15, -0.1) is 0 Å². The fourth-order valence-corrected chi connectivity index (χ4v) is 0.936. The van der Waals surface area contributed by atoms with Crippen LogP contribution in [-0.4, -0.2) is 6.08 Å². The van der Waals surface area contributed by atoms with Gasteiger partial charge in [-0.3, -0.25) is 0 Å². The van der Waals surface area contributed by atoms with E-state index < -0.39 is 0 Å². The molecule has 0 aliphatic carbocycles. The number of carbonyl (C=O) groups excluding carboxylic acids is 1. The summed E-state index contributed by atoms with van der Waals surface area (Å²) in [6.45, 7) is 3.54. The average molecular weight is 170 g/mol. The summed E-state index contributed by atoms with van der Waals surface area (Å²) >= 11 is 0. The maximum Gasteiger partial charge on any atom is 0.240 e. The molecule has 0 spiro atoms. The first-order valence-electron chi connectivity index (χ1n) is 3.56. The third kappa shape index (κ3) is 1.90. The van der Waals surface area contributed by atoms with Crippen molar-refractivity contribution in [3.8, 4) is 6.07 Å². The number of para-hydroxylation sites is 1. The maximum atomic E-state index is 10.0. The van der Waals surface area contributed by atoms with Gasteiger partial charge < -0.3 is 0 Å². The Bertz CT molecular complexity index is 423. The molecule has 0 saturated heterocycles. The molecule has 0 unspecified atom stereocenters. The van der Waals surface area contributed by atoms with Crippen molar-refractivity contribution in [2.24, 2.45) is 4.99 Å². The van der Waals surface area contributed by atoms with Crippen LogP contribution in [0.25, 0.3) is 5.57 Å². The van der Waals surface area contributed by atoms with E-state index in [1.54, 1.807) is 24.3 Å². The lowest BCUT2D eigenvalue weighted by atomic mass is 10.1. The van der Waals surface area contributed by atoms with Crippen molar-refractivity contribution in [3.63, 3.8) is 0 Å². The van der Waals surface area contributed by atoms with Crippen molar-refractivity contribution in [1.29, 1.82) is 5.26 Å². The van der Waals surface area contributed by atoms with Gasteiger partial charge in [-0.2, -0.15) is 10.3 Å². The van der Waals surface area contributed by atoms with Crippen LogP contribution in [0, 0.1) is 11.3 Å². The van der Waals surface area contributed by atoms with E-state index in [1.165, 1.54) is 6.08 Å². The van der Waals surface area contributed by atoms with E-state index in [-0.39, 0.29) is 5.57 Å². The normalized spacial score (nSPS) is 8.23. The largest absolute Gasteiger partial charge is 0.240 e. The van der Waals surface area contributed by atoms with Gasteiger partial charge in [-0.25, -0.2) is 4.79 Å². The number of nitrogens with zero attached hydrogens (tertiary/aromatic N) is 2. The van der Waals surface area contributed by atoms with Crippen LogP contribution in [0.5, 0.6) is 0 Å². The van der Waals surface area contributed by atoms with Gasteiger partial charge in [0.25, 0.3) is 0 Å². The fraction of sp³-hybridized carbons (Fsp3) is 0. The molecule has 0 radical (unpaired) electrons. The van der Waals surface area contributed by atoms with Gasteiger partial charge in [0.2, 0.25) is 6.08 Å². The van der Waals surface area contributed by atoms with Crippen molar-refractivity contribution < 1.29 is 4.79 Å². The molecule has 0 aromatic heterocycles. The monoisotopic (exact) mass is 170 g/mol. The average Bonchev–Trinajstić information content (AvgIpc) is 2.18. The van der Waals surface area contributed by atoms with E-state index in [0.29, 0.717) is 11.3 Å². The number of allylic oxidation sites excluding steroid dienone is 1. The highest BCUT2D eigenvalue weighted by molar-refractivity contribution is 5.82. The molecule has 13 heavy (non-hydrogen) atoms. The van der Waals surface area contributed by atoms with Crippen molar-refractivity contribution >= 4 is 17.3 Å². The number of hydrogen-bond donors (Lipinski definition) is 0. The quantitative estimate of drug-likeness (QED) is 0.388. The minimum atomic E-state index is 0.287. The maximum absolute atomic E-state index is 10.0. The van der Waals surface area contributed by atoms with Gasteiger partial charge in [0.15, 0.2) is 0 Å². The molecule has 1 aromatic carbocycles. The fourth-order valence-electron chi connectivity index (χ4n) is 0.936. The Labute approximate surface area is 75.7 Å². The highest BCUT2D eigenvalue weighted by Crippen LogP contribution is 2.23. The van der Waals surface area contributed by atoms with E-state index in [9.17, 15) is 4.79 Å². The first-order valence-corrected chi connectivity index (χ1v) is 3.56. The molecule has 1 rings (SSSR count). The Hall–Kier alpha value is -2.17. The third-order valence-corrected chi connectivity index (χ3v) is 1.53. The molecule has 0 amide bonds. The zero-order valence-electron chi connectivity index (χ0n) is 6.82. The number of nitriles is 1. The SMILES string of the molecule is C=C(C#N)c1ccccc1N=C=O. The molecule has 0 heterocycles. The zero-order valence-corrected chi connectivity index (χ0v) is 6.82. The molecular formula is C10H6N2O. The molecule has 62 valence electrons. The third-order valence-electron chi connectivity index (χ3n) is 1.53. The minimum absolute atomic E-state index is 0.287. The summed E-state index contributed by atoms with van der Waals surface area (Å²) in [6.07, 6.45) is 1.43. The molecule has 0 saturated carbocycles. The Morgan fingerprint density at radius 1 is 1.46 bits per heavy atom. The lowest BCUT2D eigenvalue weighted by Crippen LogP contribution is -1.79. The van der Waals surface area contributed by atoms with Crippen LogP contribution in [0.4, 0.5) is 5.69 Å². The van der Waals surface area contributed by atoms with Gasteiger partial charge in [-0.05, 0) is 6.07 Å². The predicted octanol–water partition coefficient (Wildman–Crippen LogP) is 2.19. The molecule has 0 fully saturated rings. The van der Waals surface area contributed by atoms with E-state index in [1.807, 2.05) is 6.07 Å². The highest BCUT2D eigenvalue weighted by Gasteiger charge is 2.02. The Kier molecular flexibility index (Phi) is 2.75. The summed E-state index contributed by atoms with van der Waals surface area (Å²) in [5.74, 6) is 0. The van der Waals surface area contributed by atoms with Crippen molar-refractivity contribution in [3.05, 3.63) is 36.4 Å². The molecule has 0 N–H and O–H groups in total. The summed E-state index contributed by atoms with van der Waals surface area (Å²) in [4.78, 5) is 13.5. The van der Waals surface area contributed by atoms with E-state index >= 15 is 0 Å². The zero-order chi connectivity index (χ0) is 9.68. The molecule has 3 heteroatoms. The summed E-state index contributed by atoms with van der Waals surface area (Å²) < 4.78 is 0. The molecule has 3 nitrogen and oxygen atoms in total. The lowest BCUT2D eigenvalue weighted by molar-refractivity contribution is 0.565. The van der Waals surface area contributed by atoms with Crippen LogP contribution >= 0.6 is 0 Å². The number of benzene rings is 1. The van der Waals surface area contributed by atoms with Gasteiger partial charge >= 0.3 is 0 Å². The molecular weight excluding hydrogens is 164 g/mol. The molecule has 0 atom stereocenters. The van der Waals surface area contributed by atoms with Crippen LogP contribution in [0.2, 0.25) is 0 Å². The summed E-state index contributed by atoms with van der Waals surface area (Å²) in [5.41, 5.74) is 1.27. The first kappa shape index (κ1) is 8.92. The molecule has 0 bridgehead atoms. The summed E-state index contributed by atoms with van der Waals surface area (Å²) in [7, 11) is 0. The minimum Gasteiger partial charge on any atom is -0.211 e. The van der Waals surface area contributed by atoms with Crippen molar-refractivity contribution in [1.82, 2.24) is 0 Å². The van der Waals surface area contributed by atoms with Crippen molar-refractivity contribution in [2.75, 3.05) is 0 Å². The topological polar surface area (TPSA) is 53.2 Å². The summed E-state index contributed by atoms with van der Waals surface area (Å²) in [6, 6.07) is 8.68. The number of rotatable bonds is 2. The van der Waals surface area contributed by atoms with Crippen LogP contribution in [0.15, 0.2) is 35.8 Å². The number of hydrogen-bond acceptors (Lipinski definition) is 3. The van der Waals surface area contributed by atoms with Gasteiger partial charge in [0.1, 0.15) is 0 Å². The van der Waals surface area contributed by atoms with Crippen molar-refractivity contribution in [2.45, 2.75) is 0 Å². The Balaban J connectivity index is 3.29. The van der Waals surface area contributed by atoms with Crippen LogP contribution in [-0.2, 0) is 4.79 Å². The highest BCUT2D eigenvalue weighted by atomic mass is 16.1. The first-order chi connectivity index (χ1) is 6.29. The Morgan fingerprint density at radius 2 is 2.15 bits per heavy atom. The number of aliphatic imine (C=N–C) groups is 1. The molecule has 0 aliphatic heterocycles. The lowest BCUT2D eigenvalue weighted by Gasteiger charge is -1.99. The summed E-state index contributed by atoms with van der Waals surface area (Å²) in [5, 5.41) is 8.59. The molecule has 1 aromatic rings. The standard InChI is InChI=1S/C10H6N2O/c1-8(6-11)9-4-2-3-5-10(9)12-7-13/h2-5H,1H2. The number of isocyanates is 1. The van der Waals surface area contributed by atoms with E-state index in [2.05, 4.69) is 11.6 Å². The van der Waals surface area contributed by atoms with Gasteiger partial charge in [0.05, 0.1) is 17.3 Å². The van der Waals surface area contributed by atoms with E-state index in [0.717, 1.165) is 0 Å². The second kappa shape index (κ2) is 4.01. The van der Waals surface area contributed by atoms with Crippen LogP contribution in [0.1, 0.15) is 5.56 Å². The van der Waals surface area contributed by atoms with Crippen LogP contribution < -0.4 is 0 Å². The predicted molar refractivity (Wildman–Crippen MR) is 48.9 cm³/mol. The van der Waals surface area contributed by atoms with Crippen LogP contribution in [0.3, 0.4) is 0 Å². The second-order valence-electron chi connectivity index (χ2n) is 2.31. The Morgan fingerprint density at radius 3 is 2.77 bits per heavy atom. The van der Waals surface area contributed by atoms with Gasteiger partial charge in [-0.1, -0.05) is 24.8 Å².